The predicted octanol–water partition coefficient (Wildman–Crippen LogP) is 1.46. The fourth-order valence-electron chi connectivity index (χ4n) is 1.09. The van der Waals surface area contributed by atoms with E-state index in [0.29, 0.717) is 0 Å². The molecule has 0 radical (unpaired) electrons. The van der Waals surface area contributed by atoms with Crippen molar-refractivity contribution in [2.75, 3.05) is 13.2 Å². The van der Waals surface area contributed by atoms with Crippen LogP contribution in [0.1, 0.15) is 34.1 Å². The van der Waals surface area contributed by atoms with Gasteiger partial charge in [-0.2, -0.15) is 0 Å². The molecule has 5 nitrogen and oxygen atoms in total. The summed E-state index contributed by atoms with van der Waals surface area (Å²) in [6, 6.07) is 0. The van der Waals surface area contributed by atoms with Gasteiger partial charge in [-0.25, -0.2) is 0 Å². The molecule has 0 rings (SSSR count). The third-order valence-electron chi connectivity index (χ3n) is 2.25. The van der Waals surface area contributed by atoms with Crippen LogP contribution in [0, 0.1) is 5.41 Å². The number of aliphatic carboxylic acids is 1. The smallest absolute Gasteiger partial charge is 0.323 e. The van der Waals surface area contributed by atoms with E-state index in [2.05, 4.69) is 0 Å². The molecule has 0 aliphatic rings. The molecule has 0 aliphatic carbocycles. The first-order chi connectivity index (χ1) is 7.34. The summed E-state index contributed by atoms with van der Waals surface area (Å²) in [5, 5.41) is 9.04. The molecule has 0 fully saturated rings. The van der Waals surface area contributed by atoms with Crippen molar-refractivity contribution in [3.63, 3.8) is 0 Å². The van der Waals surface area contributed by atoms with Gasteiger partial charge in [-0.3, -0.25) is 9.59 Å². The number of rotatable bonds is 7. The fraction of sp³-hybridized carbons (Fsp3) is 0.818. The second kappa shape index (κ2) is 6.48. The van der Waals surface area contributed by atoms with Crippen LogP contribution >= 0.6 is 0 Å². The number of carbonyl (C=O) groups excluding carboxylic acids is 1. The van der Waals surface area contributed by atoms with Crippen LogP contribution in [-0.2, 0) is 19.1 Å². The molecule has 1 N–H and O–H groups in total. The highest BCUT2D eigenvalue weighted by atomic mass is 16.5. The molecule has 0 amide bonds. The average molecular weight is 232 g/mol. The molecule has 16 heavy (non-hydrogen) atoms. The van der Waals surface area contributed by atoms with Crippen molar-refractivity contribution in [1.82, 2.24) is 0 Å². The number of hydrogen-bond donors (Lipinski definition) is 1. The third-order valence-corrected chi connectivity index (χ3v) is 2.25. The van der Waals surface area contributed by atoms with Crippen molar-refractivity contribution in [3.05, 3.63) is 0 Å². The van der Waals surface area contributed by atoms with Gasteiger partial charge in [-0.05, 0) is 34.1 Å². The van der Waals surface area contributed by atoms with Gasteiger partial charge in [0.2, 0.25) is 0 Å². The minimum absolute atomic E-state index is 0.0141. The Morgan fingerprint density at radius 2 is 1.94 bits per heavy atom. The lowest BCUT2D eigenvalue weighted by atomic mass is 9.87. The second-order valence-corrected chi connectivity index (χ2v) is 4.03. The Morgan fingerprint density at radius 1 is 1.38 bits per heavy atom. The summed E-state index contributed by atoms with van der Waals surface area (Å²) in [6.07, 6.45) is 0.125. The van der Waals surface area contributed by atoms with E-state index >= 15 is 0 Å². The van der Waals surface area contributed by atoms with E-state index in [0.717, 1.165) is 0 Å². The zero-order chi connectivity index (χ0) is 12.8. The molecular weight excluding hydrogens is 212 g/mol. The predicted molar refractivity (Wildman–Crippen MR) is 58.1 cm³/mol. The average Bonchev–Trinajstić information content (AvgIpc) is 2.16. The number of ether oxygens (including phenoxy) is 2. The monoisotopic (exact) mass is 232 g/mol. The van der Waals surface area contributed by atoms with E-state index in [-0.39, 0.29) is 25.7 Å². The van der Waals surface area contributed by atoms with E-state index in [1.54, 1.807) is 6.92 Å². The minimum atomic E-state index is -1.52. The highest BCUT2D eigenvalue weighted by Gasteiger charge is 2.42. The molecule has 0 aliphatic heterocycles. The zero-order valence-corrected chi connectivity index (χ0v) is 10.3. The lowest BCUT2D eigenvalue weighted by molar-refractivity contribution is -0.169. The van der Waals surface area contributed by atoms with Crippen LogP contribution in [-0.4, -0.2) is 36.4 Å². The fourth-order valence-corrected chi connectivity index (χ4v) is 1.09. The molecule has 0 aromatic carbocycles. The van der Waals surface area contributed by atoms with Gasteiger partial charge in [0.05, 0.1) is 12.7 Å². The van der Waals surface area contributed by atoms with Gasteiger partial charge >= 0.3 is 11.9 Å². The molecule has 1 unspecified atom stereocenters. The first kappa shape index (κ1) is 14.9. The summed E-state index contributed by atoms with van der Waals surface area (Å²) in [4.78, 5) is 22.6. The maximum Gasteiger partial charge on any atom is 0.323 e. The Kier molecular flexibility index (Phi) is 6.03. The van der Waals surface area contributed by atoms with E-state index in [1.807, 2.05) is 13.8 Å². The molecule has 5 heteroatoms. The summed E-state index contributed by atoms with van der Waals surface area (Å²) in [5.74, 6) is -1.90. The van der Waals surface area contributed by atoms with Gasteiger partial charge < -0.3 is 14.6 Å². The van der Waals surface area contributed by atoms with E-state index in [1.165, 1.54) is 6.92 Å². The summed E-state index contributed by atoms with van der Waals surface area (Å²) in [6.45, 7) is 7.10. The second-order valence-electron chi connectivity index (χ2n) is 4.03. The summed E-state index contributed by atoms with van der Waals surface area (Å²) >= 11 is 0. The summed E-state index contributed by atoms with van der Waals surface area (Å²) in [7, 11) is 0. The van der Waals surface area contributed by atoms with E-state index in [9.17, 15) is 9.59 Å². The van der Waals surface area contributed by atoms with Crippen molar-refractivity contribution >= 4 is 11.9 Å². The van der Waals surface area contributed by atoms with Crippen LogP contribution in [0.5, 0.6) is 0 Å². The maximum atomic E-state index is 11.5. The van der Waals surface area contributed by atoms with Crippen LogP contribution in [0.3, 0.4) is 0 Å². The highest BCUT2D eigenvalue weighted by molar-refractivity contribution is 5.98. The molecule has 0 saturated carbocycles. The lowest BCUT2D eigenvalue weighted by Crippen LogP contribution is -2.39. The molecule has 0 saturated heterocycles. The summed E-state index contributed by atoms with van der Waals surface area (Å²) < 4.78 is 10.00. The van der Waals surface area contributed by atoms with Crippen molar-refractivity contribution < 1.29 is 24.2 Å². The molecule has 1 atom stereocenters. The topological polar surface area (TPSA) is 72.8 Å². The number of carboxylic acids is 1. The van der Waals surface area contributed by atoms with E-state index in [4.69, 9.17) is 14.6 Å². The lowest BCUT2D eigenvalue weighted by Gasteiger charge is -2.22. The third kappa shape index (κ3) is 4.18. The normalized spacial score (nSPS) is 14.6. The first-order valence-corrected chi connectivity index (χ1v) is 5.36. The Morgan fingerprint density at radius 3 is 2.31 bits per heavy atom. The Balaban J connectivity index is 4.45. The molecule has 0 aromatic heterocycles. The van der Waals surface area contributed by atoms with E-state index < -0.39 is 17.4 Å². The SMILES string of the molecule is CCOC(=O)C(C)(CCOC(C)C)C(=O)O. The number of carboxylic acid groups (broad SMARTS) is 1. The number of carbonyl (C=O) groups is 2. The zero-order valence-electron chi connectivity index (χ0n) is 10.3. The van der Waals surface area contributed by atoms with Crippen LogP contribution < -0.4 is 0 Å². The number of hydrogen-bond acceptors (Lipinski definition) is 4. The van der Waals surface area contributed by atoms with Crippen molar-refractivity contribution in [2.24, 2.45) is 5.41 Å². The first-order valence-electron chi connectivity index (χ1n) is 5.36. The quantitative estimate of drug-likeness (QED) is 0.531. The van der Waals surface area contributed by atoms with Crippen LogP contribution in [0.25, 0.3) is 0 Å². The molecule has 0 spiro atoms. The Labute approximate surface area is 95.7 Å². The Bertz CT molecular complexity index is 249. The molecule has 0 bridgehead atoms. The standard InChI is InChI=1S/C11H20O5/c1-5-15-10(14)11(4,9(12)13)6-7-16-8(2)3/h8H,5-7H2,1-4H3,(H,12,13). The largest absolute Gasteiger partial charge is 0.480 e. The van der Waals surface area contributed by atoms with Gasteiger partial charge in [-0.15, -0.1) is 0 Å². The van der Waals surface area contributed by atoms with Gasteiger partial charge in [0.15, 0.2) is 5.41 Å². The van der Waals surface area contributed by atoms with Crippen molar-refractivity contribution in [3.8, 4) is 0 Å². The van der Waals surface area contributed by atoms with Gasteiger partial charge in [0.1, 0.15) is 0 Å². The van der Waals surface area contributed by atoms with Crippen LogP contribution in [0.4, 0.5) is 0 Å². The van der Waals surface area contributed by atoms with Crippen molar-refractivity contribution in [1.29, 1.82) is 0 Å². The minimum Gasteiger partial charge on any atom is -0.480 e. The van der Waals surface area contributed by atoms with Crippen LogP contribution in [0.15, 0.2) is 0 Å². The van der Waals surface area contributed by atoms with Gasteiger partial charge in [0, 0.05) is 6.61 Å². The highest BCUT2D eigenvalue weighted by Crippen LogP contribution is 2.24. The molecule has 94 valence electrons. The summed E-state index contributed by atoms with van der Waals surface area (Å²) in [5.41, 5.74) is -1.52. The van der Waals surface area contributed by atoms with Gasteiger partial charge in [0.25, 0.3) is 0 Å². The van der Waals surface area contributed by atoms with Gasteiger partial charge in [-0.1, -0.05) is 0 Å². The molecule has 0 aromatic rings. The Hall–Kier alpha value is -1.10. The molecular formula is C11H20O5. The molecule has 0 heterocycles. The van der Waals surface area contributed by atoms with Crippen LogP contribution in [0.2, 0.25) is 0 Å². The van der Waals surface area contributed by atoms with Crippen molar-refractivity contribution in [2.45, 2.75) is 40.2 Å². The number of esters is 1. The maximum absolute atomic E-state index is 11.5.